The fourth-order valence-corrected chi connectivity index (χ4v) is 10.9. The van der Waals surface area contributed by atoms with Crippen LogP contribution in [0.4, 0.5) is 0 Å². The van der Waals surface area contributed by atoms with Crippen LogP contribution < -0.4 is 4.74 Å². The summed E-state index contributed by atoms with van der Waals surface area (Å²) in [4.78, 5) is 9.80. The van der Waals surface area contributed by atoms with E-state index in [0.717, 1.165) is 44.6 Å². The molecule has 3 aromatic heterocycles. The largest absolute Gasteiger partial charge is 2.00 e. The Hall–Kier alpha value is -4.53. The SMILES string of the molecule is Cc1cnc(-n2c3[c-]c(Oc4[c-]c(-c5cc(-c6ccc(C7(C)C(C)(C)CC(C)(C)CC7(C)C)cc6C)c(C)cn5)ccc4)ccc3c3cc(C(C)(C)C)ccc32)cc1C.[Pt+2]. The first-order valence-corrected chi connectivity index (χ1v) is 21.3. The molecule has 0 atom stereocenters. The van der Waals surface area contributed by atoms with E-state index in [4.69, 9.17) is 14.7 Å². The number of pyridine rings is 2. The van der Waals surface area contributed by atoms with E-state index in [1.165, 1.54) is 51.6 Å². The van der Waals surface area contributed by atoms with Gasteiger partial charge in [0.2, 0.25) is 0 Å². The number of fused-ring (bicyclic) bond motifs is 3. The van der Waals surface area contributed by atoms with Crippen LogP contribution in [0.3, 0.4) is 0 Å². The molecule has 0 bridgehead atoms. The van der Waals surface area contributed by atoms with Gasteiger partial charge in [-0.25, -0.2) is 4.98 Å². The minimum absolute atomic E-state index is 0. The zero-order valence-electron chi connectivity index (χ0n) is 38.1. The Balaban J connectivity index is 0.00000544. The van der Waals surface area contributed by atoms with Gasteiger partial charge >= 0.3 is 21.1 Å². The number of rotatable bonds is 6. The number of hydrogen-bond donors (Lipinski definition) is 0. The maximum atomic E-state index is 6.57. The number of nitrogens with zero attached hydrogens (tertiary/aromatic N) is 3. The molecule has 3 heterocycles. The van der Waals surface area contributed by atoms with Crippen LogP contribution in [-0.2, 0) is 31.9 Å². The number of aryl methyl sites for hydroxylation is 4. The molecule has 7 aromatic rings. The van der Waals surface area contributed by atoms with Crippen LogP contribution in [0.15, 0.2) is 91.3 Å². The van der Waals surface area contributed by atoms with E-state index in [1.807, 2.05) is 30.6 Å². The number of benzene rings is 4. The second-order valence-electron chi connectivity index (χ2n) is 20.9. The van der Waals surface area contributed by atoms with Gasteiger partial charge in [-0.1, -0.05) is 117 Å². The number of hydrogen-bond acceptors (Lipinski definition) is 3. The molecule has 5 heteroatoms. The maximum absolute atomic E-state index is 6.57. The van der Waals surface area contributed by atoms with Crippen molar-refractivity contribution in [1.82, 2.24) is 14.5 Å². The summed E-state index contributed by atoms with van der Waals surface area (Å²) in [5.74, 6) is 2.09. The van der Waals surface area contributed by atoms with Gasteiger partial charge in [-0.15, -0.1) is 41.3 Å². The van der Waals surface area contributed by atoms with Gasteiger partial charge in [0, 0.05) is 34.8 Å². The van der Waals surface area contributed by atoms with E-state index in [9.17, 15) is 0 Å². The minimum atomic E-state index is 0. The van der Waals surface area contributed by atoms with Gasteiger partial charge in [0.25, 0.3) is 0 Å². The predicted molar refractivity (Wildman–Crippen MR) is 247 cm³/mol. The average molecular weight is 975 g/mol. The summed E-state index contributed by atoms with van der Waals surface area (Å²) in [5.41, 5.74) is 14.3. The van der Waals surface area contributed by atoms with Crippen LogP contribution in [0.1, 0.15) is 115 Å². The van der Waals surface area contributed by atoms with E-state index in [1.54, 1.807) is 0 Å². The molecule has 1 aliphatic rings. The van der Waals surface area contributed by atoms with Gasteiger partial charge in [-0.2, -0.15) is 6.07 Å². The smallest absolute Gasteiger partial charge is 0.503 e. The standard InChI is InChI=1S/C55H61N3O.Pt/c1-34-25-50(57-30-36(34)3)58-48-23-19-39(51(5,6)7)27-46(48)44-22-20-42(28-49(44)58)59-41-17-15-16-38(26-41)47-29-45(37(4)31-56-47)43-21-18-40(24-35(43)2)55(14)53(10,11)32-52(8,9)33-54(55,12)13;/h15-25,27,29-31H,32-33H2,1-14H3;/q-2;+2. The first kappa shape index (κ1) is 43.6. The molecule has 0 spiro atoms. The number of ether oxygens (including phenoxy) is 1. The fourth-order valence-electron chi connectivity index (χ4n) is 10.9. The van der Waals surface area contributed by atoms with Crippen LogP contribution >= 0.6 is 0 Å². The summed E-state index contributed by atoms with van der Waals surface area (Å²) in [6.45, 7) is 32.7. The van der Waals surface area contributed by atoms with E-state index in [0.29, 0.717) is 16.9 Å². The van der Waals surface area contributed by atoms with Crippen molar-refractivity contribution in [2.24, 2.45) is 16.2 Å². The molecule has 0 N–H and O–H groups in total. The summed E-state index contributed by atoms with van der Waals surface area (Å²) < 4.78 is 8.78. The Kier molecular flexibility index (Phi) is 11.0. The molecule has 0 unspecified atom stereocenters. The van der Waals surface area contributed by atoms with E-state index in [-0.39, 0.29) is 42.7 Å². The Bertz CT molecular complexity index is 2760. The zero-order chi connectivity index (χ0) is 42.4. The van der Waals surface area contributed by atoms with Crippen molar-refractivity contribution in [3.63, 3.8) is 0 Å². The fraction of sp³-hybridized carbons (Fsp3) is 0.382. The molecule has 4 aromatic carbocycles. The first-order valence-electron chi connectivity index (χ1n) is 21.3. The van der Waals surface area contributed by atoms with Gasteiger partial charge in [0.15, 0.2) is 0 Å². The monoisotopic (exact) mass is 974 g/mol. The first-order chi connectivity index (χ1) is 27.6. The van der Waals surface area contributed by atoms with Crippen molar-refractivity contribution in [2.45, 2.75) is 121 Å². The third kappa shape index (κ3) is 7.46. The van der Waals surface area contributed by atoms with Crippen LogP contribution in [-0.4, -0.2) is 14.5 Å². The van der Waals surface area contributed by atoms with Gasteiger partial charge in [-0.05, 0) is 130 Å². The molecule has 0 radical (unpaired) electrons. The van der Waals surface area contributed by atoms with Crippen molar-refractivity contribution in [3.05, 3.63) is 137 Å². The Morgan fingerprint density at radius 2 is 1.32 bits per heavy atom. The maximum Gasteiger partial charge on any atom is 2.00 e. The van der Waals surface area contributed by atoms with E-state index >= 15 is 0 Å². The summed E-state index contributed by atoms with van der Waals surface area (Å²) in [6, 6.07) is 35.7. The van der Waals surface area contributed by atoms with Gasteiger partial charge in [0.1, 0.15) is 5.82 Å². The Morgan fingerprint density at radius 3 is 1.98 bits per heavy atom. The minimum Gasteiger partial charge on any atom is -0.503 e. The second kappa shape index (κ2) is 15.1. The molecule has 312 valence electrons. The van der Waals surface area contributed by atoms with Crippen molar-refractivity contribution in [1.29, 1.82) is 0 Å². The summed E-state index contributed by atoms with van der Waals surface area (Å²) in [5, 5.41) is 2.29. The quantitative estimate of drug-likeness (QED) is 0.156. The second-order valence-corrected chi connectivity index (χ2v) is 20.9. The van der Waals surface area contributed by atoms with Crippen molar-refractivity contribution in [2.75, 3.05) is 0 Å². The predicted octanol–water partition coefficient (Wildman–Crippen LogP) is 15.0. The summed E-state index contributed by atoms with van der Waals surface area (Å²) >= 11 is 0. The van der Waals surface area contributed by atoms with Crippen LogP contribution in [0.5, 0.6) is 11.5 Å². The topological polar surface area (TPSA) is 39.9 Å². The molecular formula is C55H61N3OPt. The van der Waals surface area contributed by atoms with Gasteiger partial charge < -0.3 is 14.3 Å². The molecule has 4 nitrogen and oxygen atoms in total. The molecule has 1 aliphatic carbocycles. The molecule has 1 saturated carbocycles. The van der Waals surface area contributed by atoms with Gasteiger partial charge in [0.05, 0.1) is 0 Å². The molecule has 60 heavy (non-hydrogen) atoms. The molecular weight excluding hydrogens is 914 g/mol. The molecule has 0 saturated heterocycles. The van der Waals surface area contributed by atoms with Crippen molar-refractivity contribution < 1.29 is 25.8 Å². The number of aromatic nitrogens is 3. The Labute approximate surface area is 373 Å². The third-order valence-electron chi connectivity index (χ3n) is 14.1. The van der Waals surface area contributed by atoms with Gasteiger partial charge in [-0.3, -0.25) is 0 Å². The molecule has 0 amide bonds. The summed E-state index contributed by atoms with van der Waals surface area (Å²) in [6.07, 6.45) is 6.34. The molecule has 8 rings (SSSR count). The van der Waals surface area contributed by atoms with E-state index in [2.05, 4.69) is 174 Å². The van der Waals surface area contributed by atoms with Crippen LogP contribution in [0.25, 0.3) is 50.0 Å². The van der Waals surface area contributed by atoms with Crippen molar-refractivity contribution >= 4 is 21.8 Å². The van der Waals surface area contributed by atoms with Crippen molar-refractivity contribution in [3.8, 4) is 39.7 Å². The summed E-state index contributed by atoms with van der Waals surface area (Å²) in [7, 11) is 0. The normalized spacial score (nSPS) is 16.8. The zero-order valence-corrected chi connectivity index (χ0v) is 40.4. The average Bonchev–Trinajstić information content (AvgIpc) is 3.47. The van der Waals surface area contributed by atoms with Crippen LogP contribution in [0, 0.1) is 56.1 Å². The third-order valence-corrected chi connectivity index (χ3v) is 14.1. The van der Waals surface area contributed by atoms with E-state index < -0.39 is 0 Å². The molecule has 1 fully saturated rings. The molecule has 0 aliphatic heterocycles. The van der Waals surface area contributed by atoms with Crippen LogP contribution in [0.2, 0.25) is 0 Å². The Morgan fingerprint density at radius 1 is 0.633 bits per heavy atom.